The van der Waals surface area contributed by atoms with Crippen LogP contribution >= 0.6 is 12.4 Å². The third-order valence-electron chi connectivity index (χ3n) is 4.06. The highest BCUT2D eigenvalue weighted by Crippen LogP contribution is 2.29. The highest BCUT2D eigenvalue weighted by molar-refractivity contribution is 5.95. The predicted octanol–water partition coefficient (Wildman–Crippen LogP) is 2.35. The third kappa shape index (κ3) is 2.65. The maximum atomic E-state index is 13.2. The SMILES string of the molecule is Cl.O=C(c1ccc(F)c(F)c1)N1C2CCNCC1CC2. The molecular formula is C14H17ClF2N2O. The van der Waals surface area contributed by atoms with E-state index >= 15 is 0 Å². The second kappa shape index (κ2) is 6.06. The summed E-state index contributed by atoms with van der Waals surface area (Å²) in [6.45, 7) is 1.69. The molecule has 2 fully saturated rings. The van der Waals surface area contributed by atoms with Crippen LogP contribution in [0.15, 0.2) is 18.2 Å². The summed E-state index contributed by atoms with van der Waals surface area (Å²) in [6.07, 6.45) is 2.90. The Morgan fingerprint density at radius 1 is 1.15 bits per heavy atom. The summed E-state index contributed by atoms with van der Waals surface area (Å²) in [5.74, 6) is -2.07. The summed E-state index contributed by atoms with van der Waals surface area (Å²) in [5.41, 5.74) is 0.234. The fourth-order valence-corrected chi connectivity index (χ4v) is 3.09. The Hall–Kier alpha value is -1.20. The van der Waals surface area contributed by atoms with E-state index in [9.17, 15) is 13.6 Å². The lowest BCUT2D eigenvalue weighted by atomic mass is 10.1. The van der Waals surface area contributed by atoms with E-state index in [2.05, 4.69) is 5.32 Å². The monoisotopic (exact) mass is 302 g/mol. The normalized spacial score (nSPS) is 25.0. The minimum absolute atomic E-state index is 0. The average molecular weight is 303 g/mol. The summed E-state index contributed by atoms with van der Waals surface area (Å²) in [7, 11) is 0. The first-order valence-corrected chi connectivity index (χ1v) is 6.65. The minimum atomic E-state index is -0.967. The molecule has 2 unspecified atom stereocenters. The number of hydrogen-bond donors (Lipinski definition) is 1. The molecular weight excluding hydrogens is 286 g/mol. The second-order valence-corrected chi connectivity index (χ2v) is 5.22. The van der Waals surface area contributed by atoms with Crippen LogP contribution in [0.1, 0.15) is 29.6 Å². The van der Waals surface area contributed by atoms with E-state index in [1.165, 1.54) is 6.07 Å². The van der Waals surface area contributed by atoms with Crippen molar-refractivity contribution < 1.29 is 13.6 Å². The maximum absolute atomic E-state index is 13.2. The van der Waals surface area contributed by atoms with Crippen molar-refractivity contribution in [1.82, 2.24) is 10.2 Å². The molecule has 1 N–H and O–H groups in total. The molecule has 0 saturated carbocycles. The quantitative estimate of drug-likeness (QED) is 0.864. The van der Waals surface area contributed by atoms with Crippen molar-refractivity contribution in [1.29, 1.82) is 0 Å². The molecule has 110 valence electrons. The standard InChI is InChI=1S/C14H16F2N2O.ClH/c15-12-4-1-9(7-13(12)16)14(19)18-10-2-3-11(18)8-17-6-5-10;/h1,4,7,10-11,17H,2-3,5-6,8H2;1H. The minimum Gasteiger partial charge on any atom is -0.331 e. The van der Waals surface area contributed by atoms with Gasteiger partial charge in [-0.1, -0.05) is 0 Å². The van der Waals surface area contributed by atoms with Crippen molar-refractivity contribution in [3.8, 4) is 0 Å². The summed E-state index contributed by atoms with van der Waals surface area (Å²) >= 11 is 0. The number of hydrogen-bond acceptors (Lipinski definition) is 2. The molecule has 1 aromatic carbocycles. The molecule has 2 aliphatic rings. The molecule has 2 heterocycles. The Bertz CT molecular complexity index is 498. The van der Waals surface area contributed by atoms with Gasteiger partial charge in [-0.15, -0.1) is 12.4 Å². The van der Waals surface area contributed by atoms with Crippen LogP contribution in [0, 0.1) is 11.6 Å². The van der Waals surface area contributed by atoms with E-state index in [4.69, 9.17) is 0 Å². The van der Waals surface area contributed by atoms with E-state index in [1.807, 2.05) is 4.90 Å². The molecule has 1 amide bonds. The Kier molecular flexibility index (Phi) is 4.60. The molecule has 0 spiro atoms. The first-order chi connectivity index (χ1) is 9.16. The highest BCUT2D eigenvalue weighted by atomic mass is 35.5. The van der Waals surface area contributed by atoms with Gasteiger partial charge in [0.05, 0.1) is 0 Å². The van der Waals surface area contributed by atoms with E-state index in [0.717, 1.165) is 44.5 Å². The number of benzene rings is 1. The number of carbonyl (C=O) groups excluding carboxylic acids is 1. The largest absolute Gasteiger partial charge is 0.331 e. The third-order valence-corrected chi connectivity index (χ3v) is 4.06. The average Bonchev–Trinajstić information content (AvgIpc) is 2.65. The van der Waals surface area contributed by atoms with Gasteiger partial charge in [0.1, 0.15) is 0 Å². The summed E-state index contributed by atoms with van der Waals surface area (Å²) < 4.78 is 26.2. The van der Waals surface area contributed by atoms with Gasteiger partial charge in [0.25, 0.3) is 5.91 Å². The van der Waals surface area contributed by atoms with E-state index in [1.54, 1.807) is 0 Å². The molecule has 6 heteroatoms. The molecule has 3 nitrogen and oxygen atoms in total. The number of amides is 1. The van der Waals surface area contributed by atoms with Crippen molar-refractivity contribution in [2.24, 2.45) is 0 Å². The lowest BCUT2D eigenvalue weighted by molar-refractivity contribution is 0.0679. The fourth-order valence-electron chi connectivity index (χ4n) is 3.09. The molecule has 2 bridgehead atoms. The number of rotatable bonds is 1. The zero-order chi connectivity index (χ0) is 13.4. The van der Waals surface area contributed by atoms with E-state index in [-0.39, 0.29) is 36.0 Å². The van der Waals surface area contributed by atoms with Crippen LogP contribution in [0.4, 0.5) is 8.78 Å². The van der Waals surface area contributed by atoms with Gasteiger partial charge in [0.15, 0.2) is 11.6 Å². The van der Waals surface area contributed by atoms with Crippen molar-refractivity contribution in [2.45, 2.75) is 31.3 Å². The molecule has 2 aliphatic heterocycles. The highest BCUT2D eigenvalue weighted by Gasteiger charge is 2.38. The zero-order valence-corrected chi connectivity index (χ0v) is 11.8. The first-order valence-electron chi connectivity index (χ1n) is 6.65. The van der Waals surface area contributed by atoms with Crippen LogP contribution in [-0.2, 0) is 0 Å². The van der Waals surface area contributed by atoms with Gasteiger partial charge in [-0.25, -0.2) is 8.78 Å². The number of nitrogens with zero attached hydrogens (tertiary/aromatic N) is 1. The summed E-state index contributed by atoms with van der Waals surface area (Å²) in [5, 5.41) is 3.31. The molecule has 1 aromatic rings. The Balaban J connectivity index is 0.00000147. The van der Waals surface area contributed by atoms with Crippen LogP contribution in [0.3, 0.4) is 0 Å². The molecule has 2 atom stereocenters. The maximum Gasteiger partial charge on any atom is 0.254 e. The second-order valence-electron chi connectivity index (χ2n) is 5.22. The van der Waals surface area contributed by atoms with Crippen LogP contribution in [0.2, 0.25) is 0 Å². The predicted molar refractivity (Wildman–Crippen MR) is 74.1 cm³/mol. The number of halogens is 3. The smallest absolute Gasteiger partial charge is 0.254 e. The van der Waals surface area contributed by atoms with Crippen LogP contribution in [-0.4, -0.2) is 36.0 Å². The molecule has 0 aromatic heterocycles. The van der Waals surface area contributed by atoms with Crippen molar-refractivity contribution in [2.75, 3.05) is 13.1 Å². The Morgan fingerprint density at radius 3 is 2.65 bits per heavy atom. The van der Waals surface area contributed by atoms with Crippen LogP contribution in [0.25, 0.3) is 0 Å². The van der Waals surface area contributed by atoms with Crippen molar-refractivity contribution in [3.63, 3.8) is 0 Å². The Labute approximate surface area is 122 Å². The molecule has 3 rings (SSSR count). The topological polar surface area (TPSA) is 32.3 Å². The number of nitrogens with one attached hydrogen (secondary N) is 1. The molecule has 0 radical (unpaired) electrons. The van der Waals surface area contributed by atoms with Gasteiger partial charge in [-0.2, -0.15) is 0 Å². The fraction of sp³-hybridized carbons (Fsp3) is 0.500. The van der Waals surface area contributed by atoms with Gasteiger partial charge < -0.3 is 10.2 Å². The Morgan fingerprint density at radius 2 is 1.90 bits per heavy atom. The van der Waals surface area contributed by atoms with E-state index in [0.29, 0.717) is 0 Å². The zero-order valence-electron chi connectivity index (χ0n) is 10.9. The van der Waals surface area contributed by atoms with Gasteiger partial charge in [-0.3, -0.25) is 4.79 Å². The van der Waals surface area contributed by atoms with Crippen molar-refractivity contribution in [3.05, 3.63) is 35.4 Å². The number of fused-ring (bicyclic) bond motifs is 2. The summed E-state index contributed by atoms with van der Waals surface area (Å²) in [4.78, 5) is 14.3. The van der Waals surface area contributed by atoms with Gasteiger partial charge >= 0.3 is 0 Å². The van der Waals surface area contributed by atoms with Crippen molar-refractivity contribution >= 4 is 18.3 Å². The molecule has 2 saturated heterocycles. The molecule has 20 heavy (non-hydrogen) atoms. The lowest BCUT2D eigenvalue weighted by Crippen LogP contribution is -2.42. The van der Waals surface area contributed by atoms with E-state index < -0.39 is 11.6 Å². The first kappa shape index (κ1) is 15.2. The lowest BCUT2D eigenvalue weighted by Gasteiger charge is -2.28. The van der Waals surface area contributed by atoms with Gasteiger partial charge in [0, 0.05) is 24.2 Å². The van der Waals surface area contributed by atoms with Crippen LogP contribution < -0.4 is 5.32 Å². The van der Waals surface area contributed by atoms with Crippen LogP contribution in [0.5, 0.6) is 0 Å². The molecule has 0 aliphatic carbocycles. The number of carbonyl (C=O) groups is 1. The van der Waals surface area contributed by atoms with Gasteiger partial charge in [0.2, 0.25) is 0 Å². The summed E-state index contributed by atoms with van der Waals surface area (Å²) in [6, 6.07) is 3.77. The van der Waals surface area contributed by atoms with Gasteiger partial charge in [-0.05, 0) is 44.0 Å².